The van der Waals surface area contributed by atoms with Gasteiger partial charge in [-0.25, -0.2) is 0 Å². The van der Waals surface area contributed by atoms with Crippen molar-refractivity contribution in [2.24, 2.45) is 0 Å². The minimum atomic E-state index is -0.708. The molecular formula is C16H26OS. The number of unbranched alkanes of at least 4 members (excludes halogenated alkanes) is 2. The summed E-state index contributed by atoms with van der Waals surface area (Å²) in [6.07, 6.45) is 12.0. The summed E-state index contributed by atoms with van der Waals surface area (Å²) in [5.74, 6) is 6.36. The molecule has 1 aliphatic rings. The summed E-state index contributed by atoms with van der Waals surface area (Å²) in [5, 5.41) is 12.5. The van der Waals surface area contributed by atoms with Crippen molar-refractivity contribution in [3.05, 3.63) is 11.0 Å². The van der Waals surface area contributed by atoms with Crippen molar-refractivity contribution in [2.75, 3.05) is 6.26 Å². The highest BCUT2D eigenvalue weighted by molar-refractivity contribution is 8.01. The summed E-state index contributed by atoms with van der Waals surface area (Å²) < 4.78 is 0. The van der Waals surface area contributed by atoms with E-state index in [2.05, 4.69) is 30.4 Å². The SMILES string of the molecule is CCCCC/C(C#CC1(O)CCCCC1)=C/SC. The number of rotatable bonds is 5. The highest BCUT2D eigenvalue weighted by atomic mass is 32.2. The molecule has 0 atom stereocenters. The second kappa shape index (κ2) is 8.67. The standard InChI is InChI=1S/C16H26OS/c1-3-4-6-9-15(14-18-2)10-13-16(17)11-7-5-8-12-16/h14,17H,3-9,11-12H2,1-2H3/b15-14-. The summed E-state index contributed by atoms with van der Waals surface area (Å²) in [5.41, 5.74) is 0.482. The van der Waals surface area contributed by atoms with Crippen LogP contribution < -0.4 is 0 Å². The molecule has 1 saturated carbocycles. The van der Waals surface area contributed by atoms with Crippen LogP contribution in [0.1, 0.15) is 64.7 Å². The van der Waals surface area contributed by atoms with E-state index in [1.54, 1.807) is 11.8 Å². The molecule has 0 aliphatic heterocycles. The molecule has 0 saturated heterocycles. The molecular weight excluding hydrogens is 240 g/mol. The first-order chi connectivity index (χ1) is 8.70. The Morgan fingerprint density at radius 1 is 1.28 bits per heavy atom. The molecule has 1 aliphatic carbocycles. The molecule has 1 fully saturated rings. The molecule has 0 aromatic heterocycles. The topological polar surface area (TPSA) is 20.2 Å². The van der Waals surface area contributed by atoms with E-state index in [4.69, 9.17) is 0 Å². The Hall–Kier alpha value is -0.390. The predicted octanol–water partition coefficient (Wildman–Crippen LogP) is 4.51. The monoisotopic (exact) mass is 266 g/mol. The van der Waals surface area contributed by atoms with Crippen LogP contribution in [-0.2, 0) is 0 Å². The largest absolute Gasteiger partial charge is 0.378 e. The van der Waals surface area contributed by atoms with Gasteiger partial charge in [0.05, 0.1) is 0 Å². The molecule has 1 rings (SSSR count). The maximum Gasteiger partial charge on any atom is 0.125 e. The first-order valence-corrected chi connectivity index (χ1v) is 8.46. The van der Waals surface area contributed by atoms with Gasteiger partial charge < -0.3 is 5.11 Å². The van der Waals surface area contributed by atoms with Gasteiger partial charge >= 0.3 is 0 Å². The first-order valence-electron chi connectivity index (χ1n) is 7.17. The molecule has 0 bridgehead atoms. The summed E-state index contributed by atoms with van der Waals surface area (Å²) in [4.78, 5) is 0. The van der Waals surface area contributed by atoms with Gasteiger partial charge in [0.25, 0.3) is 0 Å². The van der Waals surface area contributed by atoms with Crippen molar-refractivity contribution >= 4 is 11.8 Å². The third-order valence-electron chi connectivity index (χ3n) is 3.45. The Labute approximate surface area is 116 Å². The molecule has 102 valence electrons. The fourth-order valence-corrected chi connectivity index (χ4v) is 2.78. The number of thioether (sulfide) groups is 1. The van der Waals surface area contributed by atoms with Crippen LogP contribution in [0.4, 0.5) is 0 Å². The van der Waals surface area contributed by atoms with E-state index in [0.717, 1.165) is 32.1 Å². The number of allylic oxidation sites excluding steroid dienone is 1. The van der Waals surface area contributed by atoms with E-state index in [9.17, 15) is 5.11 Å². The van der Waals surface area contributed by atoms with Crippen molar-refractivity contribution in [3.8, 4) is 11.8 Å². The van der Waals surface area contributed by atoms with Gasteiger partial charge in [-0.1, -0.05) is 38.0 Å². The minimum absolute atomic E-state index is 0.708. The summed E-state index contributed by atoms with van der Waals surface area (Å²) in [7, 11) is 0. The number of hydrogen-bond donors (Lipinski definition) is 1. The average molecular weight is 266 g/mol. The fraction of sp³-hybridized carbons (Fsp3) is 0.750. The van der Waals surface area contributed by atoms with Gasteiger partial charge in [-0.15, -0.1) is 11.8 Å². The van der Waals surface area contributed by atoms with Gasteiger partial charge in [-0.05, 0) is 50.2 Å². The third kappa shape index (κ3) is 5.98. The van der Waals surface area contributed by atoms with Gasteiger partial charge in [0.2, 0.25) is 0 Å². The van der Waals surface area contributed by atoms with Crippen LogP contribution in [-0.4, -0.2) is 17.0 Å². The van der Waals surface area contributed by atoms with Crippen LogP contribution in [0.5, 0.6) is 0 Å². The zero-order valence-electron chi connectivity index (χ0n) is 11.8. The first kappa shape index (κ1) is 15.7. The van der Waals surface area contributed by atoms with Crippen LogP contribution in [0, 0.1) is 11.8 Å². The predicted molar refractivity (Wildman–Crippen MR) is 81.6 cm³/mol. The average Bonchev–Trinajstić information content (AvgIpc) is 2.37. The van der Waals surface area contributed by atoms with E-state index >= 15 is 0 Å². The lowest BCUT2D eigenvalue weighted by atomic mass is 9.85. The second-order valence-corrected chi connectivity index (χ2v) is 5.89. The highest BCUT2D eigenvalue weighted by Gasteiger charge is 2.26. The fourth-order valence-electron chi connectivity index (χ4n) is 2.32. The van der Waals surface area contributed by atoms with Crippen LogP contribution in [0.25, 0.3) is 0 Å². The zero-order valence-corrected chi connectivity index (χ0v) is 12.6. The van der Waals surface area contributed by atoms with Crippen molar-refractivity contribution in [3.63, 3.8) is 0 Å². The number of hydrogen-bond acceptors (Lipinski definition) is 2. The molecule has 1 nitrogen and oxygen atoms in total. The minimum Gasteiger partial charge on any atom is -0.378 e. The van der Waals surface area contributed by atoms with Crippen LogP contribution in [0.3, 0.4) is 0 Å². The normalized spacial score (nSPS) is 19.2. The van der Waals surface area contributed by atoms with E-state index in [1.807, 2.05) is 0 Å². The molecule has 0 radical (unpaired) electrons. The number of aliphatic hydroxyl groups is 1. The Kier molecular flexibility index (Phi) is 7.54. The summed E-state index contributed by atoms with van der Waals surface area (Å²) >= 11 is 1.71. The Morgan fingerprint density at radius 3 is 2.61 bits per heavy atom. The zero-order chi connectivity index (χ0) is 13.3. The Morgan fingerprint density at radius 2 is 2.00 bits per heavy atom. The molecule has 0 aromatic carbocycles. The molecule has 18 heavy (non-hydrogen) atoms. The van der Waals surface area contributed by atoms with Crippen molar-refractivity contribution < 1.29 is 5.11 Å². The maximum atomic E-state index is 10.4. The molecule has 0 amide bonds. The molecule has 2 heteroatoms. The lowest BCUT2D eigenvalue weighted by molar-refractivity contribution is 0.0610. The van der Waals surface area contributed by atoms with E-state index in [0.29, 0.717) is 0 Å². The van der Waals surface area contributed by atoms with Crippen LogP contribution in [0.15, 0.2) is 11.0 Å². The van der Waals surface area contributed by atoms with E-state index < -0.39 is 5.60 Å². The summed E-state index contributed by atoms with van der Waals surface area (Å²) in [6.45, 7) is 2.22. The highest BCUT2D eigenvalue weighted by Crippen LogP contribution is 2.27. The quantitative estimate of drug-likeness (QED) is 0.583. The molecule has 1 N–H and O–H groups in total. The molecule has 0 heterocycles. The molecule has 0 aromatic rings. The van der Waals surface area contributed by atoms with Gasteiger partial charge in [-0.3, -0.25) is 0 Å². The van der Waals surface area contributed by atoms with Gasteiger partial charge in [0.15, 0.2) is 0 Å². The van der Waals surface area contributed by atoms with Crippen molar-refractivity contribution in [1.82, 2.24) is 0 Å². The third-order valence-corrected chi connectivity index (χ3v) is 3.97. The smallest absolute Gasteiger partial charge is 0.125 e. The maximum absolute atomic E-state index is 10.4. The summed E-state index contributed by atoms with van der Waals surface area (Å²) in [6, 6.07) is 0. The Balaban J connectivity index is 2.56. The van der Waals surface area contributed by atoms with Crippen LogP contribution >= 0.6 is 11.8 Å². The van der Waals surface area contributed by atoms with Gasteiger partial charge in [0.1, 0.15) is 5.60 Å². The van der Waals surface area contributed by atoms with E-state index in [1.165, 1.54) is 31.3 Å². The molecule has 0 spiro atoms. The van der Waals surface area contributed by atoms with E-state index in [-0.39, 0.29) is 0 Å². The molecule has 0 unspecified atom stereocenters. The lowest BCUT2D eigenvalue weighted by Gasteiger charge is -2.26. The van der Waals surface area contributed by atoms with Crippen molar-refractivity contribution in [1.29, 1.82) is 0 Å². The van der Waals surface area contributed by atoms with Gasteiger partial charge in [-0.2, -0.15) is 0 Å². The van der Waals surface area contributed by atoms with Gasteiger partial charge in [0, 0.05) is 5.57 Å². The van der Waals surface area contributed by atoms with Crippen molar-refractivity contribution in [2.45, 2.75) is 70.3 Å². The lowest BCUT2D eigenvalue weighted by Crippen LogP contribution is -2.29. The Bertz CT molecular complexity index is 316. The van der Waals surface area contributed by atoms with Crippen LogP contribution in [0.2, 0.25) is 0 Å². The second-order valence-electron chi connectivity index (χ2n) is 5.18.